The van der Waals surface area contributed by atoms with Crippen molar-refractivity contribution in [2.24, 2.45) is 11.8 Å². The van der Waals surface area contributed by atoms with E-state index in [4.69, 9.17) is 4.74 Å². The number of carbonyl (C=O) groups excluding carboxylic acids is 1. The van der Waals surface area contributed by atoms with Crippen LogP contribution in [-0.4, -0.2) is 43.0 Å². The van der Waals surface area contributed by atoms with Gasteiger partial charge in [0.15, 0.2) is 0 Å². The van der Waals surface area contributed by atoms with E-state index in [2.05, 4.69) is 23.7 Å². The van der Waals surface area contributed by atoms with Crippen molar-refractivity contribution in [3.05, 3.63) is 0 Å². The first-order valence-corrected chi connectivity index (χ1v) is 9.49. The number of ketones is 1. The van der Waals surface area contributed by atoms with Gasteiger partial charge in [-0.2, -0.15) is 0 Å². The van der Waals surface area contributed by atoms with Gasteiger partial charge in [0.25, 0.3) is 0 Å². The molecule has 0 N–H and O–H groups in total. The lowest BCUT2D eigenvalue weighted by atomic mass is 9.80. The Morgan fingerprint density at radius 3 is 2.39 bits per heavy atom. The molecule has 0 aromatic heterocycles. The summed E-state index contributed by atoms with van der Waals surface area (Å²) in [5.41, 5.74) is 0. The van der Waals surface area contributed by atoms with E-state index >= 15 is 0 Å². The lowest BCUT2D eigenvalue weighted by molar-refractivity contribution is -0.121. The maximum absolute atomic E-state index is 11.4. The van der Waals surface area contributed by atoms with Crippen LogP contribution in [0.4, 0.5) is 0 Å². The van der Waals surface area contributed by atoms with Crippen molar-refractivity contribution in [1.29, 1.82) is 0 Å². The Morgan fingerprint density at radius 1 is 1.09 bits per heavy atom. The van der Waals surface area contributed by atoms with E-state index in [0.29, 0.717) is 17.8 Å². The van der Waals surface area contributed by atoms with E-state index in [-0.39, 0.29) is 0 Å². The number of nitrogens with zero attached hydrogens (tertiary/aromatic N) is 1. The predicted molar refractivity (Wildman–Crippen MR) is 94.2 cm³/mol. The third-order valence-corrected chi connectivity index (χ3v) is 5.36. The topological polar surface area (TPSA) is 29.5 Å². The molecule has 1 heterocycles. The van der Waals surface area contributed by atoms with Gasteiger partial charge in [-0.15, -0.1) is 11.8 Å². The predicted octanol–water partition coefficient (Wildman–Crippen LogP) is 3.67. The summed E-state index contributed by atoms with van der Waals surface area (Å²) in [6.45, 7) is 8.17. The second-order valence-corrected chi connectivity index (χ2v) is 7.16. The van der Waals surface area contributed by atoms with Crippen molar-refractivity contribution in [3.63, 3.8) is 0 Å². The Labute approximate surface area is 142 Å². The van der Waals surface area contributed by atoms with Crippen molar-refractivity contribution < 1.29 is 9.53 Å². The quantitative estimate of drug-likeness (QED) is 0.553. The normalized spacial score (nSPS) is 26.5. The van der Waals surface area contributed by atoms with Crippen molar-refractivity contribution in [3.8, 4) is 11.8 Å². The van der Waals surface area contributed by atoms with E-state index in [1.807, 2.05) is 0 Å². The van der Waals surface area contributed by atoms with Crippen LogP contribution in [-0.2, 0) is 9.53 Å². The highest BCUT2D eigenvalue weighted by molar-refractivity contribution is 5.78. The Kier molecular flexibility index (Phi) is 8.12. The summed E-state index contributed by atoms with van der Waals surface area (Å²) in [7, 11) is 0. The van der Waals surface area contributed by atoms with Crippen LogP contribution in [0, 0.1) is 23.7 Å². The first-order valence-electron chi connectivity index (χ1n) is 9.49. The smallest absolute Gasteiger partial charge is 0.132 e. The third-order valence-electron chi connectivity index (χ3n) is 5.36. The highest BCUT2D eigenvalue weighted by Gasteiger charge is 2.27. The van der Waals surface area contributed by atoms with Crippen LogP contribution < -0.4 is 0 Å². The molecule has 2 aliphatic rings. The van der Waals surface area contributed by atoms with Gasteiger partial charge in [0.05, 0.1) is 12.7 Å². The van der Waals surface area contributed by atoms with Gasteiger partial charge in [0.1, 0.15) is 5.78 Å². The minimum absolute atomic E-state index is 0.348. The minimum atomic E-state index is 0.348. The molecule has 0 amide bonds. The zero-order chi connectivity index (χ0) is 16.5. The number of hydrogen-bond donors (Lipinski definition) is 0. The second-order valence-electron chi connectivity index (χ2n) is 7.16. The number of hydrogen-bond acceptors (Lipinski definition) is 3. The summed E-state index contributed by atoms with van der Waals surface area (Å²) < 4.78 is 5.94. The van der Waals surface area contributed by atoms with Crippen molar-refractivity contribution in [2.75, 3.05) is 26.2 Å². The van der Waals surface area contributed by atoms with E-state index in [0.717, 1.165) is 64.1 Å². The first-order chi connectivity index (χ1) is 11.2. The fraction of sp³-hybridized carbons (Fsp3) is 0.850. The van der Waals surface area contributed by atoms with Crippen LogP contribution in [0.25, 0.3) is 0 Å². The molecular weight excluding hydrogens is 286 g/mol. The number of rotatable bonds is 6. The van der Waals surface area contributed by atoms with Gasteiger partial charge in [-0.1, -0.05) is 6.92 Å². The largest absolute Gasteiger partial charge is 0.377 e. The Balaban J connectivity index is 1.57. The molecule has 23 heavy (non-hydrogen) atoms. The summed E-state index contributed by atoms with van der Waals surface area (Å²) in [4.78, 5) is 14.1. The number of likely N-dealkylation sites (tertiary alicyclic amines) is 1. The van der Waals surface area contributed by atoms with Crippen LogP contribution in [0.1, 0.15) is 65.2 Å². The number of Topliss-reactive ketones (excluding diaryl/α,β-unsaturated/α-hetero) is 1. The molecule has 0 atom stereocenters. The lowest BCUT2D eigenvalue weighted by Crippen LogP contribution is -2.40. The van der Waals surface area contributed by atoms with Gasteiger partial charge in [0, 0.05) is 38.4 Å². The van der Waals surface area contributed by atoms with Gasteiger partial charge in [0.2, 0.25) is 0 Å². The lowest BCUT2D eigenvalue weighted by Gasteiger charge is -2.36. The molecule has 0 radical (unpaired) electrons. The zero-order valence-corrected chi connectivity index (χ0v) is 15.0. The number of carbonyl (C=O) groups is 1. The molecule has 2 rings (SSSR count). The highest BCUT2D eigenvalue weighted by Crippen LogP contribution is 2.30. The molecule has 1 aliphatic heterocycles. The average Bonchev–Trinajstić information content (AvgIpc) is 2.57. The fourth-order valence-electron chi connectivity index (χ4n) is 3.87. The maximum Gasteiger partial charge on any atom is 0.132 e. The molecule has 3 heteroatoms. The van der Waals surface area contributed by atoms with Gasteiger partial charge >= 0.3 is 0 Å². The number of ether oxygens (including phenoxy) is 1. The van der Waals surface area contributed by atoms with E-state index in [9.17, 15) is 4.79 Å². The Morgan fingerprint density at radius 2 is 1.78 bits per heavy atom. The fourth-order valence-corrected chi connectivity index (χ4v) is 3.87. The molecule has 2 fully saturated rings. The van der Waals surface area contributed by atoms with Crippen molar-refractivity contribution in [2.45, 2.75) is 71.3 Å². The first kappa shape index (κ1) is 18.5. The molecule has 1 aliphatic carbocycles. The molecule has 0 bridgehead atoms. The van der Waals surface area contributed by atoms with Crippen LogP contribution in [0.3, 0.4) is 0 Å². The Hall–Kier alpha value is -0.850. The van der Waals surface area contributed by atoms with Gasteiger partial charge < -0.3 is 9.64 Å². The van der Waals surface area contributed by atoms with Crippen molar-refractivity contribution >= 4 is 5.78 Å². The Bertz CT molecular complexity index is 407. The summed E-state index contributed by atoms with van der Waals surface area (Å²) in [5, 5.41) is 0. The van der Waals surface area contributed by atoms with Crippen LogP contribution >= 0.6 is 0 Å². The van der Waals surface area contributed by atoms with Crippen molar-refractivity contribution in [1.82, 2.24) is 4.90 Å². The highest BCUT2D eigenvalue weighted by atomic mass is 16.5. The summed E-state index contributed by atoms with van der Waals surface area (Å²) in [5.74, 6) is 7.77. The standard InChI is InChI=1S/C20H33NO2/c1-3-4-5-6-15-23-20-11-13-21(14-12-20)16-18-7-9-19(10-8-18)17(2)22/h18-20H,3,6-16H2,1-2H3. The van der Waals surface area contributed by atoms with E-state index in [1.165, 1.54) is 19.4 Å². The molecule has 1 saturated carbocycles. The van der Waals surface area contributed by atoms with Gasteiger partial charge in [-0.05, 0) is 51.4 Å². The molecular formula is C20H33NO2. The third kappa shape index (κ3) is 6.65. The SMILES string of the molecule is CCC#CCCOC1CCN(CC2CCC(C(C)=O)CC2)CC1. The van der Waals surface area contributed by atoms with E-state index in [1.54, 1.807) is 6.92 Å². The second kappa shape index (κ2) is 10.1. The molecule has 0 aromatic carbocycles. The van der Waals surface area contributed by atoms with Crippen LogP contribution in [0.2, 0.25) is 0 Å². The summed E-state index contributed by atoms with van der Waals surface area (Å²) in [6.07, 6.45) is 9.24. The molecule has 1 saturated heterocycles. The van der Waals surface area contributed by atoms with Gasteiger partial charge in [-0.25, -0.2) is 0 Å². The van der Waals surface area contributed by atoms with Crippen LogP contribution in [0.15, 0.2) is 0 Å². The summed E-state index contributed by atoms with van der Waals surface area (Å²) >= 11 is 0. The monoisotopic (exact) mass is 319 g/mol. The number of piperidine rings is 1. The molecule has 0 unspecified atom stereocenters. The average molecular weight is 319 g/mol. The molecule has 130 valence electrons. The summed E-state index contributed by atoms with van der Waals surface area (Å²) in [6, 6.07) is 0. The maximum atomic E-state index is 11.4. The molecule has 3 nitrogen and oxygen atoms in total. The molecule has 0 spiro atoms. The molecule has 0 aromatic rings. The van der Waals surface area contributed by atoms with Gasteiger partial charge in [-0.3, -0.25) is 4.79 Å². The van der Waals surface area contributed by atoms with Crippen LogP contribution in [0.5, 0.6) is 0 Å². The minimum Gasteiger partial charge on any atom is -0.377 e. The van der Waals surface area contributed by atoms with E-state index < -0.39 is 0 Å². The zero-order valence-electron chi connectivity index (χ0n) is 15.0.